The van der Waals surface area contributed by atoms with Gasteiger partial charge in [0, 0.05) is 23.9 Å². The van der Waals surface area contributed by atoms with Gasteiger partial charge in [-0.2, -0.15) is 0 Å². The number of nitrogens with zero attached hydrogens (tertiary/aromatic N) is 1. The van der Waals surface area contributed by atoms with Crippen molar-refractivity contribution in [2.45, 2.75) is 31.1 Å². The quantitative estimate of drug-likeness (QED) is 0.838. The minimum Gasteiger partial charge on any atom is -0.352 e. The number of carbonyl (C=O) groups excluding carboxylic acids is 2. The first kappa shape index (κ1) is 16.8. The van der Waals surface area contributed by atoms with E-state index in [0.29, 0.717) is 11.6 Å². The van der Waals surface area contributed by atoms with Crippen LogP contribution in [0.3, 0.4) is 0 Å². The van der Waals surface area contributed by atoms with Crippen LogP contribution in [-0.4, -0.2) is 42.1 Å². The van der Waals surface area contributed by atoms with Gasteiger partial charge in [0.1, 0.15) is 5.82 Å². The first-order valence-corrected chi connectivity index (χ1v) is 8.41. The van der Waals surface area contributed by atoms with Crippen molar-refractivity contribution in [1.29, 1.82) is 0 Å². The van der Waals surface area contributed by atoms with Gasteiger partial charge in [0.05, 0.1) is 12.3 Å². The molecular formula is C16H21FN2O2S. The van der Waals surface area contributed by atoms with Crippen molar-refractivity contribution in [2.75, 3.05) is 19.3 Å². The number of hydrogen-bond donors (Lipinski definition) is 1. The summed E-state index contributed by atoms with van der Waals surface area (Å²) in [4.78, 5) is 25.1. The average Bonchev–Trinajstić information content (AvgIpc) is 3.28. The molecule has 0 aliphatic heterocycles. The zero-order chi connectivity index (χ0) is 16.1. The summed E-state index contributed by atoms with van der Waals surface area (Å²) in [6, 6.07) is 6.87. The lowest BCUT2D eigenvalue weighted by atomic mass is 10.1. The summed E-state index contributed by atoms with van der Waals surface area (Å²) in [6.07, 6.45) is 2.05. The lowest BCUT2D eigenvalue weighted by Gasteiger charge is -2.18. The fourth-order valence-electron chi connectivity index (χ4n) is 2.01. The summed E-state index contributed by atoms with van der Waals surface area (Å²) in [7, 11) is 1.61. The molecular weight excluding hydrogens is 303 g/mol. The number of nitrogens with one attached hydrogen (secondary N) is 1. The molecule has 0 saturated heterocycles. The van der Waals surface area contributed by atoms with Crippen LogP contribution in [0.1, 0.15) is 30.6 Å². The second-order valence-electron chi connectivity index (χ2n) is 5.57. The maximum Gasteiger partial charge on any atom is 0.239 e. The third-order valence-corrected chi connectivity index (χ3v) is 4.72. The van der Waals surface area contributed by atoms with E-state index in [1.807, 2.05) is 6.92 Å². The van der Waals surface area contributed by atoms with Crippen LogP contribution in [0, 0.1) is 5.82 Å². The molecule has 0 bridgehead atoms. The third-order valence-electron chi connectivity index (χ3n) is 3.55. The van der Waals surface area contributed by atoms with Crippen LogP contribution in [0.4, 0.5) is 4.39 Å². The Labute approximate surface area is 134 Å². The first-order valence-electron chi connectivity index (χ1n) is 7.36. The summed E-state index contributed by atoms with van der Waals surface area (Å²) in [5.74, 6) is -0.278. The van der Waals surface area contributed by atoms with Crippen LogP contribution < -0.4 is 5.32 Å². The van der Waals surface area contributed by atoms with Crippen molar-refractivity contribution in [3.8, 4) is 0 Å². The maximum atomic E-state index is 13.7. The van der Waals surface area contributed by atoms with Gasteiger partial charge in [0.2, 0.25) is 11.8 Å². The van der Waals surface area contributed by atoms with Crippen LogP contribution in [0.25, 0.3) is 0 Å². The molecule has 0 heterocycles. The zero-order valence-electron chi connectivity index (χ0n) is 12.8. The summed E-state index contributed by atoms with van der Waals surface area (Å²) in [6.45, 7) is 1.94. The monoisotopic (exact) mass is 324 g/mol. The Kier molecular flexibility index (Phi) is 5.83. The summed E-state index contributed by atoms with van der Waals surface area (Å²) < 4.78 is 13.7. The van der Waals surface area contributed by atoms with Gasteiger partial charge < -0.3 is 10.2 Å². The molecule has 4 nitrogen and oxygen atoms in total. The van der Waals surface area contributed by atoms with Crippen LogP contribution >= 0.6 is 11.8 Å². The topological polar surface area (TPSA) is 49.4 Å². The van der Waals surface area contributed by atoms with E-state index >= 15 is 0 Å². The highest BCUT2D eigenvalue weighted by Crippen LogP contribution is 2.29. The predicted octanol–water partition coefficient (Wildman–Crippen LogP) is 2.36. The van der Waals surface area contributed by atoms with E-state index in [9.17, 15) is 14.0 Å². The molecule has 1 N–H and O–H groups in total. The van der Waals surface area contributed by atoms with Gasteiger partial charge in [-0.25, -0.2) is 4.39 Å². The fraction of sp³-hybridized carbons (Fsp3) is 0.500. The molecule has 6 heteroatoms. The first-order chi connectivity index (χ1) is 10.5. The predicted molar refractivity (Wildman–Crippen MR) is 86.1 cm³/mol. The molecule has 2 amide bonds. The Morgan fingerprint density at radius 1 is 1.41 bits per heavy atom. The van der Waals surface area contributed by atoms with E-state index in [1.54, 1.807) is 25.2 Å². The lowest BCUT2D eigenvalue weighted by molar-refractivity contribution is -0.132. The Morgan fingerprint density at radius 2 is 2.09 bits per heavy atom. The smallest absolute Gasteiger partial charge is 0.239 e. The Balaban J connectivity index is 1.76. The number of rotatable bonds is 7. The highest BCUT2D eigenvalue weighted by molar-refractivity contribution is 8.00. The van der Waals surface area contributed by atoms with E-state index in [0.717, 1.165) is 12.8 Å². The van der Waals surface area contributed by atoms with E-state index in [1.165, 1.54) is 22.7 Å². The summed E-state index contributed by atoms with van der Waals surface area (Å²) in [5, 5.41) is 2.74. The second kappa shape index (κ2) is 7.63. The van der Waals surface area contributed by atoms with Crippen molar-refractivity contribution in [1.82, 2.24) is 10.2 Å². The standard InChI is InChI=1S/C16H21FN2O2S/c1-11(13-5-3-4-6-14(13)17)22-10-16(21)19(2)9-15(20)18-12-7-8-12/h3-6,11-12H,7-10H2,1-2H3,(H,18,20)/t11-/m0/s1. The van der Waals surface area contributed by atoms with Crippen LogP contribution in [0.5, 0.6) is 0 Å². The molecule has 0 radical (unpaired) electrons. The highest BCUT2D eigenvalue weighted by Gasteiger charge is 2.24. The second-order valence-corrected chi connectivity index (χ2v) is 6.90. The number of carbonyl (C=O) groups is 2. The Morgan fingerprint density at radius 3 is 2.73 bits per heavy atom. The van der Waals surface area contributed by atoms with E-state index in [-0.39, 0.29) is 35.2 Å². The van der Waals surface area contributed by atoms with E-state index in [2.05, 4.69) is 5.32 Å². The van der Waals surface area contributed by atoms with Gasteiger partial charge in [0.15, 0.2) is 0 Å². The fourth-order valence-corrected chi connectivity index (χ4v) is 2.99. The van der Waals surface area contributed by atoms with Crippen LogP contribution in [0.2, 0.25) is 0 Å². The molecule has 1 aliphatic carbocycles. The molecule has 0 spiro atoms. The molecule has 1 aromatic carbocycles. The van der Waals surface area contributed by atoms with Crippen LogP contribution in [0.15, 0.2) is 24.3 Å². The van der Waals surface area contributed by atoms with E-state index in [4.69, 9.17) is 0 Å². The number of likely N-dealkylation sites (N-methyl/N-ethyl adjacent to an activating group) is 1. The lowest BCUT2D eigenvalue weighted by Crippen LogP contribution is -2.39. The SMILES string of the molecule is C[C@H](SCC(=O)N(C)CC(=O)NC1CC1)c1ccccc1F. The molecule has 1 aliphatic rings. The van der Waals surface area contributed by atoms with Gasteiger partial charge in [-0.3, -0.25) is 9.59 Å². The molecule has 2 rings (SSSR count). The molecule has 1 atom stereocenters. The van der Waals surface area contributed by atoms with Crippen LogP contribution in [-0.2, 0) is 9.59 Å². The summed E-state index contributed by atoms with van der Waals surface area (Å²) >= 11 is 1.37. The Bertz CT molecular complexity index is 549. The van der Waals surface area contributed by atoms with Crippen molar-refractivity contribution in [3.05, 3.63) is 35.6 Å². The third kappa shape index (κ3) is 5.02. The van der Waals surface area contributed by atoms with Crippen molar-refractivity contribution in [3.63, 3.8) is 0 Å². The number of thioether (sulfide) groups is 1. The van der Waals surface area contributed by atoms with E-state index < -0.39 is 0 Å². The molecule has 1 fully saturated rings. The minimum atomic E-state index is -0.257. The molecule has 1 saturated carbocycles. The molecule has 0 aromatic heterocycles. The number of hydrogen-bond acceptors (Lipinski definition) is 3. The van der Waals surface area contributed by atoms with Gasteiger partial charge >= 0.3 is 0 Å². The van der Waals surface area contributed by atoms with Crippen molar-refractivity contribution in [2.24, 2.45) is 0 Å². The van der Waals surface area contributed by atoms with Gasteiger partial charge in [-0.1, -0.05) is 18.2 Å². The normalized spacial score (nSPS) is 15.2. The molecule has 22 heavy (non-hydrogen) atoms. The molecule has 0 unspecified atom stereocenters. The highest BCUT2D eigenvalue weighted by atomic mass is 32.2. The number of amides is 2. The maximum absolute atomic E-state index is 13.7. The van der Waals surface area contributed by atoms with Crippen molar-refractivity contribution >= 4 is 23.6 Å². The average molecular weight is 324 g/mol. The van der Waals surface area contributed by atoms with Gasteiger partial charge in [-0.05, 0) is 25.8 Å². The number of benzene rings is 1. The molecule has 120 valence electrons. The molecule has 1 aromatic rings. The zero-order valence-corrected chi connectivity index (χ0v) is 13.7. The number of halogens is 1. The summed E-state index contributed by atoms with van der Waals surface area (Å²) in [5.41, 5.74) is 0.592. The largest absolute Gasteiger partial charge is 0.352 e. The van der Waals surface area contributed by atoms with Gasteiger partial charge in [-0.15, -0.1) is 11.8 Å². The Hall–Kier alpha value is -1.56. The minimum absolute atomic E-state index is 0.0734. The van der Waals surface area contributed by atoms with Gasteiger partial charge in [0.25, 0.3) is 0 Å². The van der Waals surface area contributed by atoms with Crippen molar-refractivity contribution < 1.29 is 14.0 Å².